The van der Waals surface area contributed by atoms with Gasteiger partial charge in [-0.05, 0) is 50.7 Å². The van der Waals surface area contributed by atoms with Gasteiger partial charge in [0.05, 0.1) is 17.7 Å². The van der Waals surface area contributed by atoms with Gasteiger partial charge < -0.3 is 10.0 Å². The first kappa shape index (κ1) is 14.9. The molecule has 1 aromatic rings. The summed E-state index contributed by atoms with van der Waals surface area (Å²) in [5, 5.41) is 19.0. The Labute approximate surface area is 121 Å². The molecular formula is C17H24N2O. The Kier molecular flexibility index (Phi) is 4.67. The van der Waals surface area contributed by atoms with Gasteiger partial charge in [0, 0.05) is 24.3 Å². The summed E-state index contributed by atoms with van der Waals surface area (Å²) in [5.74, 6) is 0.821. The highest BCUT2D eigenvalue weighted by Gasteiger charge is 2.24. The Morgan fingerprint density at radius 1 is 1.30 bits per heavy atom. The van der Waals surface area contributed by atoms with E-state index in [9.17, 15) is 5.11 Å². The molecule has 1 saturated carbocycles. The van der Waals surface area contributed by atoms with E-state index in [1.54, 1.807) is 13.0 Å². The van der Waals surface area contributed by atoms with Crippen molar-refractivity contribution in [2.45, 2.75) is 51.7 Å². The lowest BCUT2D eigenvalue weighted by Gasteiger charge is -2.36. The van der Waals surface area contributed by atoms with E-state index in [2.05, 4.69) is 24.9 Å². The van der Waals surface area contributed by atoms with Gasteiger partial charge in [-0.2, -0.15) is 5.26 Å². The van der Waals surface area contributed by atoms with Crippen molar-refractivity contribution in [3.05, 3.63) is 29.3 Å². The monoisotopic (exact) mass is 272 g/mol. The Hall–Kier alpha value is -1.53. The van der Waals surface area contributed by atoms with Crippen LogP contribution in [0.15, 0.2) is 18.2 Å². The number of rotatable bonds is 3. The van der Waals surface area contributed by atoms with E-state index in [-0.39, 0.29) is 0 Å². The standard InChI is InChI=1S/C17H24N2O/c1-12-4-7-15(8-5-12)19(3)17-10-14(11-18)6-9-16(17)13(2)20/h6,9-10,12-13,15,20H,4-5,7-8H2,1-3H3. The van der Waals surface area contributed by atoms with Crippen molar-refractivity contribution in [2.75, 3.05) is 11.9 Å². The lowest BCUT2D eigenvalue weighted by molar-refractivity contribution is 0.199. The average molecular weight is 272 g/mol. The molecule has 108 valence electrons. The topological polar surface area (TPSA) is 47.3 Å². The first-order valence-electron chi connectivity index (χ1n) is 7.48. The van der Waals surface area contributed by atoms with Crippen molar-refractivity contribution >= 4 is 5.69 Å². The second-order valence-corrected chi connectivity index (χ2v) is 6.09. The molecule has 0 bridgehead atoms. The van der Waals surface area contributed by atoms with Crippen molar-refractivity contribution in [1.29, 1.82) is 5.26 Å². The van der Waals surface area contributed by atoms with E-state index in [4.69, 9.17) is 5.26 Å². The first-order chi connectivity index (χ1) is 9.52. The highest BCUT2D eigenvalue weighted by atomic mass is 16.3. The maximum absolute atomic E-state index is 9.95. The van der Waals surface area contributed by atoms with Gasteiger partial charge in [-0.15, -0.1) is 0 Å². The fourth-order valence-electron chi connectivity index (χ4n) is 3.10. The highest BCUT2D eigenvalue weighted by molar-refractivity contribution is 5.58. The molecule has 0 radical (unpaired) electrons. The second kappa shape index (κ2) is 6.28. The minimum atomic E-state index is -0.511. The molecule has 3 nitrogen and oxygen atoms in total. The Bertz CT molecular complexity index is 496. The van der Waals surface area contributed by atoms with Gasteiger partial charge in [0.15, 0.2) is 0 Å². The molecule has 0 spiro atoms. The molecule has 1 aromatic carbocycles. The molecule has 3 heteroatoms. The van der Waals surface area contributed by atoms with Gasteiger partial charge >= 0.3 is 0 Å². The minimum Gasteiger partial charge on any atom is -0.389 e. The number of hydrogen-bond acceptors (Lipinski definition) is 3. The van der Waals surface area contributed by atoms with Crippen molar-refractivity contribution in [2.24, 2.45) is 5.92 Å². The molecular weight excluding hydrogens is 248 g/mol. The normalized spacial score (nSPS) is 23.9. The summed E-state index contributed by atoms with van der Waals surface area (Å²) in [7, 11) is 2.09. The SMILES string of the molecule is CC1CCC(N(C)c2cc(C#N)ccc2C(C)O)CC1. The quantitative estimate of drug-likeness (QED) is 0.914. The maximum Gasteiger partial charge on any atom is 0.0992 e. The molecule has 0 aromatic heterocycles. The second-order valence-electron chi connectivity index (χ2n) is 6.09. The van der Waals surface area contributed by atoms with Crippen LogP contribution in [0.5, 0.6) is 0 Å². The zero-order chi connectivity index (χ0) is 14.7. The van der Waals surface area contributed by atoms with E-state index in [0.717, 1.165) is 17.2 Å². The van der Waals surface area contributed by atoms with Crippen molar-refractivity contribution < 1.29 is 5.11 Å². The predicted octanol–water partition coefficient (Wildman–Crippen LogP) is 3.63. The summed E-state index contributed by atoms with van der Waals surface area (Å²) in [5.41, 5.74) is 2.56. The van der Waals surface area contributed by atoms with Gasteiger partial charge in [-0.3, -0.25) is 0 Å². The molecule has 0 aliphatic heterocycles. The Morgan fingerprint density at radius 3 is 2.50 bits per heavy atom. The van der Waals surface area contributed by atoms with E-state index in [0.29, 0.717) is 11.6 Å². The van der Waals surface area contributed by atoms with Crippen molar-refractivity contribution in [3.8, 4) is 6.07 Å². The molecule has 0 amide bonds. The first-order valence-corrected chi connectivity index (χ1v) is 7.48. The number of anilines is 1. The zero-order valence-corrected chi connectivity index (χ0v) is 12.6. The lowest BCUT2D eigenvalue weighted by atomic mass is 9.86. The van der Waals surface area contributed by atoms with E-state index < -0.39 is 6.10 Å². The zero-order valence-electron chi connectivity index (χ0n) is 12.6. The van der Waals surface area contributed by atoms with Crippen LogP contribution in [0.1, 0.15) is 56.8 Å². The third-order valence-electron chi connectivity index (χ3n) is 4.52. The fraction of sp³-hybridized carbons (Fsp3) is 0.588. The molecule has 2 rings (SSSR count). The van der Waals surface area contributed by atoms with Gasteiger partial charge in [-0.1, -0.05) is 13.0 Å². The summed E-state index contributed by atoms with van der Waals surface area (Å²) in [6.07, 6.45) is 4.39. The van der Waals surface area contributed by atoms with Crippen LogP contribution >= 0.6 is 0 Å². The third-order valence-corrected chi connectivity index (χ3v) is 4.52. The van der Waals surface area contributed by atoms with E-state index >= 15 is 0 Å². The third kappa shape index (κ3) is 3.13. The summed E-state index contributed by atoms with van der Waals surface area (Å²) >= 11 is 0. The maximum atomic E-state index is 9.95. The number of aliphatic hydroxyl groups excluding tert-OH is 1. The fourth-order valence-corrected chi connectivity index (χ4v) is 3.10. The van der Waals surface area contributed by atoms with Crippen molar-refractivity contribution in [3.63, 3.8) is 0 Å². The molecule has 20 heavy (non-hydrogen) atoms. The minimum absolute atomic E-state index is 0.511. The van der Waals surface area contributed by atoms with Gasteiger partial charge in [0.2, 0.25) is 0 Å². The number of hydrogen-bond donors (Lipinski definition) is 1. The van der Waals surface area contributed by atoms with Crippen LogP contribution < -0.4 is 4.90 Å². The van der Waals surface area contributed by atoms with E-state index in [1.807, 2.05) is 12.1 Å². The van der Waals surface area contributed by atoms with Gasteiger partial charge in [-0.25, -0.2) is 0 Å². The molecule has 1 unspecified atom stereocenters. The predicted molar refractivity (Wildman–Crippen MR) is 81.6 cm³/mol. The molecule has 1 N–H and O–H groups in total. The number of aliphatic hydroxyl groups is 1. The van der Waals surface area contributed by atoms with Crippen LogP contribution in [0.3, 0.4) is 0 Å². The number of nitrogens with zero attached hydrogens (tertiary/aromatic N) is 2. The van der Waals surface area contributed by atoms with Crippen LogP contribution in [0, 0.1) is 17.2 Å². The Morgan fingerprint density at radius 2 is 1.95 bits per heavy atom. The molecule has 0 heterocycles. The van der Waals surface area contributed by atoms with Crippen molar-refractivity contribution in [1.82, 2.24) is 0 Å². The van der Waals surface area contributed by atoms with Gasteiger partial charge in [0.1, 0.15) is 0 Å². The number of nitriles is 1. The summed E-state index contributed by atoms with van der Waals surface area (Å²) in [4.78, 5) is 2.26. The summed E-state index contributed by atoms with van der Waals surface area (Å²) in [6.45, 7) is 4.09. The van der Waals surface area contributed by atoms with Gasteiger partial charge in [0.25, 0.3) is 0 Å². The molecule has 1 atom stereocenters. The average Bonchev–Trinajstić information content (AvgIpc) is 2.46. The number of benzene rings is 1. The largest absolute Gasteiger partial charge is 0.389 e. The molecule has 1 aliphatic rings. The smallest absolute Gasteiger partial charge is 0.0992 e. The summed E-state index contributed by atoms with van der Waals surface area (Å²) in [6, 6.07) is 8.26. The summed E-state index contributed by atoms with van der Waals surface area (Å²) < 4.78 is 0. The molecule has 0 saturated heterocycles. The van der Waals surface area contributed by atoms with Crippen LogP contribution in [0.4, 0.5) is 5.69 Å². The van der Waals surface area contributed by atoms with Crippen LogP contribution in [-0.4, -0.2) is 18.2 Å². The molecule has 1 aliphatic carbocycles. The van der Waals surface area contributed by atoms with E-state index in [1.165, 1.54) is 25.7 Å². The van der Waals surface area contributed by atoms with Crippen LogP contribution in [-0.2, 0) is 0 Å². The van der Waals surface area contributed by atoms with Crippen LogP contribution in [0.2, 0.25) is 0 Å². The molecule has 1 fully saturated rings. The van der Waals surface area contributed by atoms with Crippen LogP contribution in [0.25, 0.3) is 0 Å². The Balaban J connectivity index is 2.27. The lowest BCUT2D eigenvalue weighted by Crippen LogP contribution is -2.35. The highest BCUT2D eigenvalue weighted by Crippen LogP contribution is 2.33.